The Morgan fingerprint density at radius 1 is 1.33 bits per heavy atom. The summed E-state index contributed by atoms with van der Waals surface area (Å²) in [5.74, 6) is 0. The predicted molar refractivity (Wildman–Crippen MR) is 79.3 cm³/mol. The van der Waals surface area contributed by atoms with E-state index in [0.29, 0.717) is 6.54 Å². The first kappa shape index (κ1) is 13.0. The summed E-state index contributed by atoms with van der Waals surface area (Å²) in [6.07, 6.45) is 3.41. The third kappa shape index (κ3) is 2.53. The van der Waals surface area contributed by atoms with Crippen molar-refractivity contribution in [2.24, 2.45) is 0 Å². The molecule has 0 atom stereocenters. The van der Waals surface area contributed by atoms with Crippen LogP contribution in [0.3, 0.4) is 0 Å². The maximum absolute atomic E-state index is 10.9. The fourth-order valence-corrected chi connectivity index (χ4v) is 2.17. The first-order chi connectivity index (χ1) is 10.2. The quantitative estimate of drug-likeness (QED) is 0.587. The van der Waals surface area contributed by atoms with Crippen LogP contribution in [0, 0.1) is 10.1 Å². The number of benzene rings is 1. The molecule has 2 heterocycles. The van der Waals surface area contributed by atoms with Crippen molar-refractivity contribution in [3.63, 3.8) is 0 Å². The lowest BCUT2D eigenvalue weighted by Crippen LogP contribution is -2.04. The zero-order valence-corrected chi connectivity index (χ0v) is 11.4. The van der Waals surface area contributed by atoms with Crippen LogP contribution in [0.5, 0.6) is 0 Å². The lowest BCUT2D eigenvalue weighted by atomic mass is 10.2. The second-order valence-corrected chi connectivity index (χ2v) is 4.59. The molecule has 0 amide bonds. The van der Waals surface area contributed by atoms with Gasteiger partial charge in [0.1, 0.15) is 0 Å². The molecule has 1 N–H and O–H groups in total. The van der Waals surface area contributed by atoms with E-state index in [1.165, 1.54) is 12.1 Å². The standard InChI is InChI=1S/C14H13N5O2/c1-15-11-4-5-16-12(6-11)9-18-14-7-13(19(20)21)3-2-10(14)8-17-18/h2-8H,9H2,1H3,(H,15,16). The zero-order valence-electron chi connectivity index (χ0n) is 11.4. The van der Waals surface area contributed by atoms with Crippen molar-refractivity contribution in [3.05, 3.63) is 58.5 Å². The molecule has 3 aromatic rings. The number of non-ortho nitro benzene ring substituents is 1. The molecule has 21 heavy (non-hydrogen) atoms. The molecule has 2 aromatic heterocycles. The van der Waals surface area contributed by atoms with Crippen LogP contribution in [0.15, 0.2) is 42.7 Å². The Labute approximate surface area is 120 Å². The van der Waals surface area contributed by atoms with Crippen LogP contribution in [0.4, 0.5) is 11.4 Å². The number of anilines is 1. The summed E-state index contributed by atoms with van der Waals surface area (Å²) in [6.45, 7) is 0.459. The molecule has 0 aliphatic heterocycles. The Morgan fingerprint density at radius 3 is 2.95 bits per heavy atom. The Bertz CT molecular complexity index is 812. The van der Waals surface area contributed by atoms with Gasteiger partial charge in [-0.1, -0.05) is 0 Å². The Balaban J connectivity index is 1.99. The summed E-state index contributed by atoms with van der Waals surface area (Å²) in [5, 5.41) is 19.1. The van der Waals surface area contributed by atoms with Crippen molar-refractivity contribution >= 4 is 22.3 Å². The zero-order chi connectivity index (χ0) is 14.8. The number of nitro benzene ring substituents is 1. The average molecular weight is 283 g/mol. The molecule has 0 radical (unpaired) electrons. The molecule has 1 aromatic carbocycles. The minimum Gasteiger partial charge on any atom is -0.388 e. The van der Waals surface area contributed by atoms with Gasteiger partial charge in [0, 0.05) is 36.5 Å². The topological polar surface area (TPSA) is 85.9 Å². The lowest BCUT2D eigenvalue weighted by Gasteiger charge is -2.05. The van der Waals surface area contributed by atoms with Crippen molar-refractivity contribution in [1.29, 1.82) is 0 Å². The van der Waals surface area contributed by atoms with E-state index in [-0.39, 0.29) is 5.69 Å². The van der Waals surface area contributed by atoms with Gasteiger partial charge in [0.2, 0.25) is 0 Å². The van der Waals surface area contributed by atoms with Crippen LogP contribution >= 0.6 is 0 Å². The smallest absolute Gasteiger partial charge is 0.271 e. The maximum Gasteiger partial charge on any atom is 0.271 e. The van der Waals surface area contributed by atoms with Gasteiger partial charge in [-0.3, -0.25) is 19.8 Å². The van der Waals surface area contributed by atoms with Gasteiger partial charge in [-0.15, -0.1) is 0 Å². The van der Waals surface area contributed by atoms with Crippen molar-refractivity contribution in [2.75, 3.05) is 12.4 Å². The summed E-state index contributed by atoms with van der Waals surface area (Å²) in [7, 11) is 1.84. The number of rotatable bonds is 4. The SMILES string of the molecule is CNc1ccnc(Cn2ncc3ccc([N+](=O)[O-])cc32)c1. The molecular formula is C14H13N5O2. The van der Waals surface area contributed by atoms with Crippen LogP contribution in [-0.4, -0.2) is 26.7 Å². The predicted octanol–water partition coefficient (Wildman–Crippen LogP) is 2.43. The minimum absolute atomic E-state index is 0.0567. The summed E-state index contributed by atoms with van der Waals surface area (Å²) < 4.78 is 1.71. The number of nitrogens with one attached hydrogen (secondary N) is 1. The van der Waals surface area contributed by atoms with E-state index in [4.69, 9.17) is 0 Å². The molecule has 0 saturated carbocycles. The fraction of sp³-hybridized carbons (Fsp3) is 0.143. The number of nitrogens with zero attached hydrogens (tertiary/aromatic N) is 4. The molecule has 7 nitrogen and oxygen atoms in total. The number of pyridine rings is 1. The van der Waals surface area contributed by atoms with Crippen LogP contribution in [0.2, 0.25) is 0 Å². The normalized spacial score (nSPS) is 10.7. The van der Waals surface area contributed by atoms with E-state index in [2.05, 4.69) is 15.4 Å². The van der Waals surface area contributed by atoms with E-state index in [0.717, 1.165) is 22.3 Å². The first-order valence-corrected chi connectivity index (χ1v) is 6.40. The molecule has 106 valence electrons. The molecule has 0 bridgehead atoms. The highest BCUT2D eigenvalue weighted by Crippen LogP contribution is 2.21. The van der Waals surface area contributed by atoms with Gasteiger partial charge < -0.3 is 5.32 Å². The van der Waals surface area contributed by atoms with Crippen LogP contribution in [0.25, 0.3) is 10.9 Å². The van der Waals surface area contributed by atoms with Gasteiger partial charge in [0.25, 0.3) is 5.69 Å². The fourth-order valence-electron chi connectivity index (χ4n) is 2.17. The number of fused-ring (bicyclic) bond motifs is 1. The van der Waals surface area contributed by atoms with Crippen LogP contribution in [-0.2, 0) is 6.54 Å². The van der Waals surface area contributed by atoms with E-state index in [1.807, 2.05) is 19.2 Å². The molecule has 7 heteroatoms. The molecule has 0 saturated heterocycles. The lowest BCUT2D eigenvalue weighted by molar-refractivity contribution is -0.384. The second kappa shape index (κ2) is 5.20. The van der Waals surface area contributed by atoms with Crippen LogP contribution in [0.1, 0.15) is 5.69 Å². The van der Waals surface area contributed by atoms with E-state index in [1.54, 1.807) is 23.1 Å². The van der Waals surface area contributed by atoms with Crippen molar-refractivity contribution in [3.8, 4) is 0 Å². The minimum atomic E-state index is -0.406. The third-order valence-corrected chi connectivity index (χ3v) is 3.26. The number of hydrogen-bond acceptors (Lipinski definition) is 5. The number of aromatic nitrogens is 3. The van der Waals surface area contributed by atoms with Crippen molar-refractivity contribution in [1.82, 2.24) is 14.8 Å². The third-order valence-electron chi connectivity index (χ3n) is 3.26. The molecule has 3 rings (SSSR count). The summed E-state index contributed by atoms with van der Waals surface area (Å²) in [6, 6.07) is 8.51. The maximum atomic E-state index is 10.9. The van der Waals surface area contributed by atoms with Gasteiger partial charge in [0.05, 0.1) is 28.9 Å². The van der Waals surface area contributed by atoms with Crippen LogP contribution < -0.4 is 5.32 Å². The van der Waals surface area contributed by atoms with E-state index in [9.17, 15) is 10.1 Å². The monoisotopic (exact) mass is 283 g/mol. The first-order valence-electron chi connectivity index (χ1n) is 6.40. The van der Waals surface area contributed by atoms with Gasteiger partial charge in [-0.05, 0) is 18.2 Å². The molecule has 0 aliphatic rings. The van der Waals surface area contributed by atoms with Gasteiger partial charge in [0.15, 0.2) is 0 Å². The average Bonchev–Trinajstić information content (AvgIpc) is 2.90. The van der Waals surface area contributed by atoms with E-state index < -0.39 is 4.92 Å². The number of hydrogen-bond donors (Lipinski definition) is 1. The summed E-state index contributed by atoms with van der Waals surface area (Å²) >= 11 is 0. The number of nitro groups is 1. The summed E-state index contributed by atoms with van der Waals surface area (Å²) in [4.78, 5) is 14.8. The Morgan fingerprint density at radius 2 is 2.19 bits per heavy atom. The molecule has 0 spiro atoms. The van der Waals surface area contributed by atoms with Gasteiger partial charge >= 0.3 is 0 Å². The highest BCUT2D eigenvalue weighted by molar-refractivity contribution is 5.81. The van der Waals surface area contributed by atoms with Gasteiger partial charge in [-0.2, -0.15) is 5.10 Å². The van der Waals surface area contributed by atoms with E-state index >= 15 is 0 Å². The second-order valence-electron chi connectivity index (χ2n) is 4.59. The Hall–Kier alpha value is -2.96. The molecule has 0 unspecified atom stereocenters. The largest absolute Gasteiger partial charge is 0.388 e. The Kier molecular flexibility index (Phi) is 3.23. The van der Waals surface area contributed by atoms with Crippen molar-refractivity contribution < 1.29 is 4.92 Å². The summed E-state index contributed by atoms with van der Waals surface area (Å²) in [5.41, 5.74) is 2.57. The van der Waals surface area contributed by atoms with Crippen molar-refractivity contribution in [2.45, 2.75) is 6.54 Å². The molecule has 0 fully saturated rings. The molecule has 0 aliphatic carbocycles. The molecular weight excluding hydrogens is 270 g/mol. The van der Waals surface area contributed by atoms with Gasteiger partial charge in [-0.25, -0.2) is 0 Å². The highest BCUT2D eigenvalue weighted by atomic mass is 16.6. The highest BCUT2D eigenvalue weighted by Gasteiger charge is 2.10.